The van der Waals surface area contributed by atoms with Crippen LogP contribution in [0.1, 0.15) is 18.4 Å². The largest absolute Gasteiger partial charge is 0.381 e. The monoisotopic (exact) mass is 367 g/mol. The number of nitrogens with one attached hydrogen (secondary N) is 3. The van der Waals surface area contributed by atoms with Crippen molar-refractivity contribution in [1.29, 1.82) is 0 Å². The van der Waals surface area contributed by atoms with E-state index in [1.54, 1.807) is 11.9 Å². The molecule has 1 saturated heterocycles. The van der Waals surface area contributed by atoms with Crippen molar-refractivity contribution in [3.05, 3.63) is 54.2 Å². The minimum Gasteiger partial charge on any atom is -0.381 e. The number of benzene rings is 2. The zero-order valence-electron chi connectivity index (χ0n) is 15.0. The second kappa shape index (κ2) is 8.01. The highest BCUT2D eigenvalue weighted by molar-refractivity contribution is 7.99. The molecular formula is C20H25N5S. The summed E-state index contributed by atoms with van der Waals surface area (Å²) < 4.78 is 3.32. The van der Waals surface area contributed by atoms with Gasteiger partial charge in [-0.1, -0.05) is 24.1 Å². The molecule has 3 aromatic rings. The van der Waals surface area contributed by atoms with E-state index in [0.29, 0.717) is 6.04 Å². The first kappa shape index (κ1) is 17.2. The van der Waals surface area contributed by atoms with Gasteiger partial charge in [0.15, 0.2) is 0 Å². The van der Waals surface area contributed by atoms with Crippen LogP contribution in [0.25, 0.3) is 10.9 Å². The molecule has 3 N–H and O–H groups in total. The average molecular weight is 368 g/mol. The van der Waals surface area contributed by atoms with Crippen molar-refractivity contribution >= 4 is 34.2 Å². The minimum atomic E-state index is 0.487. The molecular weight excluding hydrogens is 342 g/mol. The molecule has 0 aliphatic carbocycles. The highest BCUT2D eigenvalue weighted by Gasteiger charge is 2.20. The van der Waals surface area contributed by atoms with Gasteiger partial charge in [-0.05, 0) is 55.3 Å². The Hall–Kier alpha value is -2.18. The molecule has 0 bridgehead atoms. The van der Waals surface area contributed by atoms with Gasteiger partial charge >= 0.3 is 0 Å². The van der Waals surface area contributed by atoms with Crippen molar-refractivity contribution in [3.63, 3.8) is 0 Å². The van der Waals surface area contributed by atoms with Crippen molar-refractivity contribution in [2.24, 2.45) is 0 Å². The number of anilines is 2. The predicted octanol–water partition coefficient (Wildman–Crippen LogP) is 4.33. The van der Waals surface area contributed by atoms with E-state index in [-0.39, 0.29) is 0 Å². The fraction of sp³-hybridized carbons (Fsp3) is 0.350. The molecule has 4 rings (SSSR count). The van der Waals surface area contributed by atoms with Gasteiger partial charge in [0.25, 0.3) is 0 Å². The molecule has 136 valence electrons. The van der Waals surface area contributed by atoms with E-state index in [0.717, 1.165) is 24.0 Å². The molecule has 1 aliphatic heterocycles. The molecule has 0 spiro atoms. The highest BCUT2D eigenvalue weighted by Crippen LogP contribution is 2.22. The molecule has 26 heavy (non-hydrogen) atoms. The number of H-pyrrole nitrogens is 1. The highest BCUT2D eigenvalue weighted by atomic mass is 32.2. The first-order chi connectivity index (χ1) is 12.8. The van der Waals surface area contributed by atoms with E-state index in [9.17, 15) is 0 Å². The standard InChI is InChI=1S/C20H25N5S/c1-26-24-18-5-2-4-15(10-18)13-25-9-3-6-19(14-25)22-17-7-8-20-16(11-17)12-21-23-20/h2,4-5,7-8,10-12,19,22,24H,3,6,9,13-14H2,1H3,(H,21,23). The summed E-state index contributed by atoms with van der Waals surface area (Å²) >= 11 is 1.63. The van der Waals surface area contributed by atoms with E-state index >= 15 is 0 Å². The topological polar surface area (TPSA) is 56.0 Å². The van der Waals surface area contributed by atoms with Gasteiger partial charge in [0.1, 0.15) is 0 Å². The van der Waals surface area contributed by atoms with Crippen molar-refractivity contribution in [2.45, 2.75) is 25.4 Å². The van der Waals surface area contributed by atoms with Crippen molar-refractivity contribution in [1.82, 2.24) is 15.1 Å². The van der Waals surface area contributed by atoms with Crippen LogP contribution in [0.4, 0.5) is 11.4 Å². The molecule has 0 radical (unpaired) electrons. The number of fused-ring (bicyclic) bond motifs is 1. The third-order valence-electron chi connectivity index (χ3n) is 4.87. The predicted molar refractivity (Wildman–Crippen MR) is 112 cm³/mol. The van der Waals surface area contributed by atoms with Gasteiger partial charge in [0.2, 0.25) is 0 Å². The summed E-state index contributed by atoms with van der Waals surface area (Å²) in [6.45, 7) is 3.24. The summed E-state index contributed by atoms with van der Waals surface area (Å²) in [6.07, 6.45) is 6.38. The number of aromatic nitrogens is 2. The normalized spacial score (nSPS) is 18.1. The van der Waals surface area contributed by atoms with Crippen LogP contribution < -0.4 is 10.0 Å². The Kier molecular flexibility index (Phi) is 5.32. The molecule has 1 atom stereocenters. The fourth-order valence-electron chi connectivity index (χ4n) is 3.69. The summed E-state index contributed by atoms with van der Waals surface area (Å²) in [6, 6.07) is 15.6. The molecule has 5 nitrogen and oxygen atoms in total. The van der Waals surface area contributed by atoms with Gasteiger partial charge in [-0.25, -0.2) is 0 Å². The Labute approximate surface area is 158 Å². The third-order valence-corrected chi connectivity index (χ3v) is 5.31. The van der Waals surface area contributed by atoms with Crippen LogP contribution in [0.15, 0.2) is 48.7 Å². The van der Waals surface area contributed by atoms with Crippen LogP contribution in [-0.2, 0) is 6.54 Å². The lowest BCUT2D eigenvalue weighted by molar-refractivity contribution is 0.208. The van der Waals surface area contributed by atoms with E-state index in [4.69, 9.17) is 0 Å². The SMILES string of the molecule is CSNc1cccc(CN2CCCC(Nc3ccc4[nH]ncc4c3)C2)c1. The van der Waals surface area contributed by atoms with E-state index in [1.807, 2.05) is 6.20 Å². The molecule has 1 unspecified atom stereocenters. The fourth-order valence-corrected chi connectivity index (χ4v) is 4.06. The summed E-state index contributed by atoms with van der Waals surface area (Å²) in [4.78, 5) is 2.55. The number of hydrogen-bond acceptors (Lipinski definition) is 5. The molecule has 6 heteroatoms. The summed E-state index contributed by atoms with van der Waals surface area (Å²) in [5.74, 6) is 0. The zero-order chi connectivity index (χ0) is 17.8. The number of rotatable bonds is 6. The number of piperidine rings is 1. The summed E-state index contributed by atoms with van der Waals surface area (Å²) in [5, 5.41) is 12.0. The first-order valence-corrected chi connectivity index (χ1v) is 10.3. The van der Waals surface area contributed by atoms with E-state index in [2.05, 4.69) is 73.9 Å². The van der Waals surface area contributed by atoms with Crippen LogP contribution in [0.2, 0.25) is 0 Å². The van der Waals surface area contributed by atoms with Gasteiger partial charge in [-0.15, -0.1) is 0 Å². The molecule has 1 fully saturated rings. The maximum atomic E-state index is 4.10. The van der Waals surface area contributed by atoms with Crippen LogP contribution >= 0.6 is 11.9 Å². The Morgan fingerprint density at radius 1 is 1.23 bits per heavy atom. The van der Waals surface area contributed by atoms with Gasteiger partial charge in [0, 0.05) is 42.1 Å². The maximum absolute atomic E-state index is 4.10. The number of nitrogens with zero attached hydrogens (tertiary/aromatic N) is 2. The lowest BCUT2D eigenvalue weighted by atomic mass is 10.0. The molecule has 1 aliphatic rings. The molecule has 2 heterocycles. The van der Waals surface area contributed by atoms with Gasteiger partial charge in [-0.2, -0.15) is 5.10 Å². The van der Waals surface area contributed by atoms with Gasteiger partial charge < -0.3 is 10.0 Å². The van der Waals surface area contributed by atoms with Crippen molar-refractivity contribution in [2.75, 3.05) is 29.4 Å². The van der Waals surface area contributed by atoms with Crippen molar-refractivity contribution in [3.8, 4) is 0 Å². The lowest BCUT2D eigenvalue weighted by Gasteiger charge is -2.33. The second-order valence-corrected chi connectivity index (χ2v) is 7.51. The number of hydrogen-bond donors (Lipinski definition) is 3. The Morgan fingerprint density at radius 3 is 3.12 bits per heavy atom. The van der Waals surface area contributed by atoms with Crippen molar-refractivity contribution < 1.29 is 0 Å². The van der Waals surface area contributed by atoms with Crippen LogP contribution in [0.3, 0.4) is 0 Å². The van der Waals surface area contributed by atoms with Crippen LogP contribution in [0, 0.1) is 0 Å². The van der Waals surface area contributed by atoms with E-state index in [1.165, 1.54) is 36.3 Å². The number of aromatic amines is 1. The quantitative estimate of drug-likeness (QED) is 0.566. The smallest absolute Gasteiger partial charge is 0.0651 e. The Bertz CT molecular complexity index is 862. The second-order valence-electron chi connectivity index (χ2n) is 6.90. The van der Waals surface area contributed by atoms with E-state index < -0.39 is 0 Å². The molecule has 0 saturated carbocycles. The minimum absolute atomic E-state index is 0.487. The van der Waals surface area contributed by atoms with Crippen LogP contribution in [-0.4, -0.2) is 40.5 Å². The maximum Gasteiger partial charge on any atom is 0.0651 e. The summed E-state index contributed by atoms with van der Waals surface area (Å²) in [7, 11) is 0. The molecule has 2 aromatic carbocycles. The summed E-state index contributed by atoms with van der Waals surface area (Å²) in [5.41, 5.74) is 4.80. The lowest BCUT2D eigenvalue weighted by Crippen LogP contribution is -2.41. The Balaban J connectivity index is 1.38. The number of likely N-dealkylation sites (tertiary alicyclic amines) is 1. The zero-order valence-corrected chi connectivity index (χ0v) is 15.9. The average Bonchev–Trinajstić information content (AvgIpc) is 3.10. The first-order valence-electron chi connectivity index (χ1n) is 9.10. The third kappa shape index (κ3) is 4.14. The van der Waals surface area contributed by atoms with Crippen LogP contribution in [0.5, 0.6) is 0 Å². The molecule has 1 aromatic heterocycles. The molecule has 0 amide bonds. The van der Waals surface area contributed by atoms with Gasteiger partial charge in [0.05, 0.1) is 11.7 Å². The Morgan fingerprint density at radius 2 is 2.19 bits per heavy atom. The van der Waals surface area contributed by atoms with Gasteiger partial charge in [-0.3, -0.25) is 10.00 Å².